The van der Waals surface area contributed by atoms with Gasteiger partial charge in [-0.15, -0.1) is 23.1 Å². The molecule has 0 fully saturated rings. The van der Waals surface area contributed by atoms with Gasteiger partial charge in [-0.3, -0.25) is 4.79 Å². The van der Waals surface area contributed by atoms with Crippen LogP contribution in [0.2, 0.25) is 0 Å². The molecule has 1 aromatic heterocycles. The van der Waals surface area contributed by atoms with Crippen LogP contribution < -0.4 is 5.43 Å². The summed E-state index contributed by atoms with van der Waals surface area (Å²) >= 11 is 3.23. The Morgan fingerprint density at radius 1 is 1.04 bits per heavy atom. The Kier molecular flexibility index (Phi) is 4.68. The summed E-state index contributed by atoms with van der Waals surface area (Å²) in [4.78, 5) is 13.1. The molecule has 0 saturated carbocycles. The van der Waals surface area contributed by atoms with Crippen LogP contribution in [0.15, 0.2) is 71.1 Å². The first-order valence-electron chi connectivity index (χ1n) is 7.98. The smallest absolute Gasteiger partial charge is 0.250 e. The zero-order valence-corrected chi connectivity index (χ0v) is 15.0. The fourth-order valence-corrected chi connectivity index (χ4v) is 4.75. The van der Waals surface area contributed by atoms with Gasteiger partial charge in [0.2, 0.25) is 5.91 Å². The Morgan fingerprint density at radius 3 is 2.36 bits per heavy atom. The SMILES string of the molecule is O=C(CSC1c2ccccc2-c2ccccc21)N/N=C\c1cccs1. The molecule has 0 unspecified atom stereocenters. The van der Waals surface area contributed by atoms with Crippen LogP contribution in [0.3, 0.4) is 0 Å². The number of fused-ring (bicyclic) bond motifs is 3. The Hall–Kier alpha value is -2.37. The molecule has 0 aliphatic heterocycles. The van der Waals surface area contributed by atoms with Crippen molar-refractivity contribution in [2.24, 2.45) is 5.10 Å². The van der Waals surface area contributed by atoms with E-state index in [4.69, 9.17) is 0 Å². The van der Waals surface area contributed by atoms with E-state index in [1.165, 1.54) is 22.3 Å². The van der Waals surface area contributed by atoms with Gasteiger partial charge in [0.15, 0.2) is 0 Å². The summed E-state index contributed by atoms with van der Waals surface area (Å²) in [6, 6.07) is 20.8. The Labute approximate surface area is 154 Å². The molecule has 0 atom stereocenters. The molecule has 1 aliphatic rings. The molecule has 3 nitrogen and oxygen atoms in total. The fraction of sp³-hybridized carbons (Fsp3) is 0.100. The average molecular weight is 364 g/mol. The van der Waals surface area contributed by atoms with E-state index in [0.717, 1.165) is 4.88 Å². The third-order valence-corrected chi connectivity index (χ3v) is 6.16. The lowest BCUT2D eigenvalue weighted by molar-refractivity contribution is -0.118. The van der Waals surface area contributed by atoms with Crippen molar-refractivity contribution < 1.29 is 4.79 Å². The van der Waals surface area contributed by atoms with E-state index in [1.807, 2.05) is 17.5 Å². The Bertz CT molecular complexity index is 873. The number of nitrogens with one attached hydrogen (secondary N) is 1. The molecule has 0 saturated heterocycles. The van der Waals surface area contributed by atoms with Gasteiger partial charge in [0.25, 0.3) is 0 Å². The van der Waals surface area contributed by atoms with E-state index in [1.54, 1.807) is 29.3 Å². The molecule has 2 aromatic carbocycles. The van der Waals surface area contributed by atoms with Crippen LogP contribution in [0, 0.1) is 0 Å². The van der Waals surface area contributed by atoms with Crippen molar-refractivity contribution in [3.63, 3.8) is 0 Å². The van der Waals surface area contributed by atoms with Gasteiger partial charge in [0.05, 0.1) is 17.2 Å². The standard InChI is InChI=1S/C20H16N2OS2/c23-19(22-21-12-14-6-5-11-24-14)13-25-20-17-9-3-1-7-15(17)16-8-2-4-10-18(16)20/h1-12,20H,13H2,(H,22,23)/b21-12-. The van der Waals surface area contributed by atoms with Crippen LogP contribution in [0.5, 0.6) is 0 Å². The van der Waals surface area contributed by atoms with Crippen LogP contribution in [0.25, 0.3) is 11.1 Å². The summed E-state index contributed by atoms with van der Waals surface area (Å²) < 4.78 is 0. The zero-order chi connectivity index (χ0) is 17.1. The molecule has 0 spiro atoms. The molecule has 0 radical (unpaired) electrons. The van der Waals surface area contributed by atoms with E-state index in [-0.39, 0.29) is 11.2 Å². The second-order valence-electron chi connectivity index (χ2n) is 5.67. The molecule has 1 heterocycles. The summed E-state index contributed by atoms with van der Waals surface area (Å²) in [6.07, 6.45) is 1.67. The molecule has 5 heteroatoms. The van der Waals surface area contributed by atoms with E-state index in [2.05, 4.69) is 59.1 Å². The molecule has 0 bridgehead atoms. The van der Waals surface area contributed by atoms with Crippen molar-refractivity contribution in [3.8, 4) is 11.1 Å². The fourth-order valence-electron chi connectivity index (χ4n) is 3.01. The van der Waals surface area contributed by atoms with Gasteiger partial charge in [-0.05, 0) is 33.7 Å². The number of hydrogen-bond acceptors (Lipinski definition) is 4. The van der Waals surface area contributed by atoms with Crippen LogP contribution in [0.1, 0.15) is 21.3 Å². The molecule has 1 aliphatic carbocycles. The van der Waals surface area contributed by atoms with Crippen molar-refractivity contribution in [3.05, 3.63) is 82.0 Å². The lowest BCUT2D eigenvalue weighted by Crippen LogP contribution is -2.20. The van der Waals surface area contributed by atoms with Gasteiger partial charge in [0, 0.05) is 4.88 Å². The molecular formula is C20H16N2OS2. The van der Waals surface area contributed by atoms with Crippen molar-refractivity contribution >= 4 is 35.2 Å². The number of hydrazone groups is 1. The summed E-state index contributed by atoms with van der Waals surface area (Å²) in [5.41, 5.74) is 7.71. The maximum atomic E-state index is 12.1. The minimum atomic E-state index is -0.0836. The molecule has 4 rings (SSSR count). The predicted molar refractivity (Wildman–Crippen MR) is 106 cm³/mol. The third kappa shape index (κ3) is 3.38. The van der Waals surface area contributed by atoms with Gasteiger partial charge in [-0.25, -0.2) is 5.43 Å². The predicted octanol–water partition coefficient (Wildman–Crippen LogP) is 4.70. The molecule has 124 valence electrons. The minimum absolute atomic E-state index is 0.0836. The highest BCUT2D eigenvalue weighted by atomic mass is 32.2. The monoisotopic (exact) mass is 364 g/mol. The quantitative estimate of drug-likeness (QED) is 0.526. The second kappa shape index (κ2) is 7.25. The highest BCUT2D eigenvalue weighted by molar-refractivity contribution is 8.00. The highest BCUT2D eigenvalue weighted by Gasteiger charge is 2.28. The summed E-state index contributed by atoms with van der Waals surface area (Å²) in [5, 5.41) is 6.19. The number of thiophene rings is 1. The number of nitrogens with zero attached hydrogens (tertiary/aromatic N) is 1. The lowest BCUT2D eigenvalue weighted by atomic mass is 10.1. The van der Waals surface area contributed by atoms with Gasteiger partial charge in [-0.2, -0.15) is 5.10 Å². The maximum Gasteiger partial charge on any atom is 0.250 e. The minimum Gasteiger partial charge on any atom is -0.272 e. The topological polar surface area (TPSA) is 41.5 Å². The van der Waals surface area contributed by atoms with Crippen LogP contribution in [-0.2, 0) is 4.79 Å². The third-order valence-electron chi connectivity index (χ3n) is 4.08. The van der Waals surface area contributed by atoms with E-state index >= 15 is 0 Å². The molecular weight excluding hydrogens is 348 g/mol. The summed E-state index contributed by atoms with van der Waals surface area (Å²) in [7, 11) is 0. The first kappa shape index (κ1) is 16.1. The first-order valence-corrected chi connectivity index (χ1v) is 9.91. The number of rotatable bonds is 5. The van der Waals surface area contributed by atoms with Gasteiger partial charge in [0.1, 0.15) is 0 Å². The Balaban J connectivity index is 1.43. The van der Waals surface area contributed by atoms with Crippen molar-refractivity contribution in [2.45, 2.75) is 5.25 Å². The first-order chi connectivity index (χ1) is 12.3. The van der Waals surface area contributed by atoms with Gasteiger partial charge >= 0.3 is 0 Å². The molecule has 3 aromatic rings. The number of amides is 1. The normalized spacial score (nSPS) is 13.0. The number of carbonyl (C=O) groups excluding carboxylic acids is 1. The second-order valence-corrected chi connectivity index (χ2v) is 7.75. The van der Waals surface area contributed by atoms with E-state index in [0.29, 0.717) is 5.75 Å². The van der Waals surface area contributed by atoms with Gasteiger partial charge < -0.3 is 0 Å². The van der Waals surface area contributed by atoms with Crippen LogP contribution in [-0.4, -0.2) is 17.9 Å². The molecule has 25 heavy (non-hydrogen) atoms. The van der Waals surface area contributed by atoms with Crippen molar-refractivity contribution in [1.82, 2.24) is 5.43 Å². The highest BCUT2D eigenvalue weighted by Crippen LogP contribution is 2.49. The lowest BCUT2D eigenvalue weighted by Gasteiger charge is -2.12. The Morgan fingerprint density at radius 2 is 1.72 bits per heavy atom. The molecule has 1 N–H and O–H groups in total. The van der Waals surface area contributed by atoms with E-state index < -0.39 is 0 Å². The average Bonchev–Trinajstić information content (AvgIpc) is 3.26. The van der Waals surface area contributed by atoms with Crippen LogP contribution >= 0.6 is 23.1 Å². The van der Waals surface area contributed by atoms with Gasteiger partial charge in [-0.1, -0.05) is 54.6 Å². The number of carbonyl (C=O) groups is 1. The van der Waals surface area contributed by atoms with Crippen molar-refractivity contribution in [2.75, 3.05) is 5.75 Å². The number of benzene rings is 2. The number of thioether (sulfide) groups is 1. The summed E-state index contributed by atoms with van der Waals surface area (Å²) in [6.45, 7) is 0. The van der Waals surface area contributed by atoms with Crippen LogP contribution in [0.4, 0.5) is 0 Å². The number of hydrogen-bond donors (Lipinski definition) is 1. The largest absolute Gasteiger partial charge is 0.272 e. The van der Waals surface area contributed by atoms with E-state index in [9.17, 15) is 4.79 Å². The molecule has 1 amide bonds. The summed E-state index contributed by atoms with van der Waals surface area (Å²) in [5.74, 6) is 0.287. The van der Waals surface area contributed by atoms with Crippen molar-refractivity contribution in [1.29, 1.82) is 0 Å². The maximum absolute atomic E-state index is 12.1. The zero-order valence-electron chi connectivity index (χ0n) is 13.4.